The molecule has 2 N–H and O–H groups in total. The summed E-state index contributed by atoms with van der Waals surface area (Å²) in [4.78, 5) is 19.7. The summed E-state index contributed by atoms with van der Waals surface area (Å²) < 4.78 is 5.37. The van der Waals surface area contributed by atoms with Crippen molar-refractivity contribution in [1.29, 1.82) is 0 Å². The molecule has 0 saturated carbocycles. The zero-order valence-electron chi connectivity index (χ0n) is 15.0. The molecule has 1 aliphatic heterocycles. The predicted octanol–water partition coefficient (Wildman–Crippen LogP) is 3.01. The lowest BCUT2D eigenvalue weighted by atomic mass is 9.90. The minimum absolute atomic E-state index is 0.0157. The summed E-state index contributed by atoms with van der Waals surface area (Å²) in [6.45, 7) is 5.91. The number of hydrogen-bond donors (Lipinski definition) is 1. The Balaban J connectivity index is 1.81. The standard InChI is InChI=1S/C20H22N4O2/c1-13-17-15(19(25)24-9-8-20(2,11-21)12-24)10-16(22-18(17)26-23-13)14-6-4-3-5-7-14/h3-7,10H,8-9,11-12,21H2,1-2H3. The number of rotatable bonds is 3. The number of hydrogen-bond acceptors (Lipinski definition) is 5. The van der Waals surface area contributed by atoms with Gasteiger partial charge in [0, 0.05) is 18.7 Å². The molecule has 0 spiro atoms. The number of likely N-dealkylation sites (tertiary alicyclic amines) is 1. The first-order chi connectivity index (χ1) is 12.5. The van der Waals surface area contributed by atoms with E-state index in [1.165, 1.54) is 0 Å². The van der Waals surface area contributed by atoms with Crippen LogP contribution in [0.4, 0.5) is 0 Å². The molecule has 1 saturated heterocycles. The molecule has 1 amide bonds. The number of benzene rings is 1. The van der Waals surface area contributed by atoms with E-state index in [-0.39, 0.29) is 11.3 Å². The molecule has 26 heavy (non-hydrogen) atoms. The Morgan fingerprint density at radius 2 is 2.12 bits per heavy atom. The smallest absolute Gasteiger partial charge is 0.259 e. The van der Waals surface area contributed by atoms with Crippen LogP contribution in [0.15, 0.2) is 40.9 Å². The van der Waals surface area contributed by atoms with Gasteiger partial charge in [0.1, 0.15) is 0 Å². The molecule has 0 bridgehead atoms. The minimum atomic E-state index is -0.0201. The molecule has 0 radical (unpaired) electrons. The fourth-order valence-corrected chi connectivity index (χ4v) is 3.55. The van der Waals surface area contributed by atoms with E-state index < -0.39 is 0 Å². The summed E-state index contributed by atoms with van der Waals surface area (Å²) in [5.41, 5.74) is 9.18. The first-order valence-electron chi connectivity index (χ1n) is 8.82. The lowest BCUT2D eigenvalue weighted by molar-refractivity contribution is 0.0778. The zero-order chi connectivity index (χ0) is 18.3. The second-order valence-corrected chi connectivity index (χ2v) is 7.36. The van der Waals surface area contributed by atoms with Crippen LogP contribution in [-0.4, -0.2) is 40.6 Å². The first-order valence-corrected chi connectivity index (χ1v) is 8.82. The molecule has 1 unspecified atom stereocenters. The molecule has 0 aliphatic carbocycles. The van der Waals surface area contributed by atoms with Gasteiger partial charge >= 0.3 is 0 Å². The molecule has 1 aliphatic rings. The Morgan fingerprint density at radius 3 is 2.81 bits per heavy atom. The van der Waals surface area contributed by atoms with Gasteiger partial charge in [-0.3, -0.25) is 4.79 Å². The third-order valence-corrected chi connectivity index (χ3v) is 5.25. The van der Waals surface area contributed by atoms with E-state index in [2.05, 4.69) is 17.1 Å². The molecule has 1 fully saturated rings. The van der Waals surface area contributed by atoms with Crippen molar-refractivity contribution < 1.29 is 9.32 Å². The van der Waals surface area contributed by atoms with Gasteiger partial charge in [-0.25, -0.2) is 4.98 Å². The van der Waals surface area contributed by atoms with Gasteiger partial charge in [-0.15, -0.1) is 0 Å². The van der Waals surface area contributed by atoms with Crippen LogP contribution in [0.3, 0.4) is 0 Å². The maximum atomic E-state index is 13.3. The number of aryl methyl sites for hydroxylation is 1. The molecule has 6 nitrogen and oxygen atoms in total. The highest BCUT2D eigenvalue weighted by Crippen LogP contribution is 2.32. The van der Waals surface area contributed by atoms with E-state index in [1.54, 1.807) is 0 Å². The van der Waals surface area contributed by atoms with Crippen molar-refractivity contribution in [3.8, 4) is 11.3 Å². The monoisotopic (exact) mass is 350 g/mol. The second-order valence-electron chi connectivity index (χ2n) is 7.36. The molecule has 3 aromatic rings. The Morgan fingerprint density at radius 1 is 1.35 bits per heavy atom. The average molecular weight is 350 g/mol. The number of carbonyl (C=O) groups excluding carboxylic acids is 1. The number of amides is 1. The van der Waals surface area contributed by atoms with Crippen molar-refractivity contribution in [3.05, 3.63) is 47.7 Å². The van der Waals surface area contributed by atoms with Gasteiger partial charge in [0.05, 0.1) is 22.3 Å². The van der Waals surface area contributed by atoms with Crippen LogP contribution in [0.1, 0.15) is 29.4 Å². The maximum absolute atomic E-state index is 13.3. The second kappa shape index (κ2) is 6.21. The molecular formula is C20H22N4O2. The number of aromatic nitrogens is 2. The highest BCUT2D eigenvalue weighted by atomic mass is 16.5. The van der Waals surface area contributed by atoms with Crippen LogP contribution in [0, 0.1) is 12.3 Å². The van der Waals surface area contributed by atoms with Crippen LogP contribution >= 0.6 is 0 Å². The molecule has 2 aromatic heterocycles. The molecule has 4 rings (SSSR count). The number of nitrogens with two attached hydrogens (primary N) is 1. The van der Waals surface area contributed by atoms with Gasteiger partial charge < -0.3 is 15.2 Å². The third-order valence-electron chi connectivity index (χ3n) is 5.25. The van der Waals surface area contributed by atoms with Crippen molar-refractivity contribution in [2.24, 2.45) is 11.1 Å². The number of nitrogens with zero attached hydrogens (tertiary/aromatic N) is 3. The van der Waals surface area contributed by atoms with E-state index in [0.717, 1.165) is 12.0 Å². The Labute approximate surface area is 152 Å². The predicted molar refractivity (Wildman–Crippen MR) is 99.7 cm³/mol. The molecular weight excluding hydrogens is 328 g/mol. The SMILES string of the molecule is Cc1noc2nc(-c3ccccc3)cc(C(=O)N3CCC(C)(CN)C3)c12. The normalized spacial score (nSPS) is 20.0. The molecule has 6 heteroatoms. The fourth-order valence-electron chi connectivity index (χ4n) is 3.55. The molecule has 134 valence electrons. The van der Waals surface area contributed by atoms with Crippen LogP contribution in [-0.2, 0) is 0 Å². The summed E-state index contributed by atoms with van der Waals surface area (Å²) in [5.74, 6) is -0.0157. The Bertz CT molecular complexity index is 967. The topological polar surface area (TPSA) is 85.2 Å². The largest absolute Gasteiger partial charge is 0.338 e. The van der Waals surface area contributed by atoms with Crippen molar-refractivity contribution >= 4 is 17.0 Å². The Kier molecular flexibility index (Phi) is 4.00. The number of carbonyl (C=O) groups is 1. The van der Waals surface area contributed by atoms with Crippen LogP contribution < -0.4 is 5.73 Å². The van der Waals surface area contributed by atoms with Gasteiger partial charge in [-0.05, 0) is 31.4 Å². The first kappa shape index (κ1) is 16.7. The van der Waals surface area contributed by atoms with E-state index >= 15 is 0 Å². The van der Waals surface area contributed by atoms with Gasteiger partial charge in [0.2, 0.25) is 0 Å². The number of fused-ring (bicyclic) bond motifs is 1. The lowest BCUT2D eigenvalue weighted by Gasteiger charge is -2.22. The van der Waals surface area contributed by atoms with Crippen LogP contribution in [0.2, 0.25) is 0 Å². The number of pyridine rings is 1. The fraction of sp³-hybridized carbons (Fsp3) is 0.350. The van der Waals surface area contributed by atoms with Crippen molar-refractivity contribution in [3.63, 3.8) is 0 Å². The third kappa shape index (κ3) is 2.76. The summed E-state index contributed by atoms with van der Waals surface area (Å²) in [6, 6.07) is 11.6. The lowest BCUT2D eigenvalue weighted by Crippen LogP contribution is -2.34. The maximum Gasteiger partial charge on any atom is 0.259 e. The molecule has 1 aromatic carbocycles. The van der Waals surface area contributed by atoms with Gasteiger partial charge in [0.15, 0.2) is 0 Å². The molecule has 3 heterocycles. The van der Waals surface area contributed by atoms with E-state index in [0.29, 0.717) is 47.7 Å². The van der Waals surface area contributed by atoms with E-state index in [4.69, 9.17) is 10.3 Å². The van der Waals surface area contributed by atoms with E-state index in [9.17, 15) is 4.79 Å². The van der Waals surface area contributed by atoms with Gasteiger partial charge in [-0.2, -0.15) is 0 Å². The summed E-state index contributed by atoms with van der Waals surface area (Å²) in [6.07, 6.45) is 0.914. The minimum Gasteiger partial charge on any atom is -0.338 e. The quantitative estimate of drug-likeness (QED) is 0.785. The van der Waals surface area contributed by atoms with Gasteiger partial charge in [0.25, 0.3) is 11.6 Å². The van der Waals surface area contributed by atoms with Crippen molar-refractivity contribution in [2.75, 3.05) is 19.6 Å². The highest BCUT2D eigenvalue weighted by molar-refractivity contribution is 6.07. The van der Waals surface area contributed by atoms with E-state index in [1.807, 2.05) is 48.2 Å². The summed E-state index contributed by atoms with van der Waals surface area (Å²) in [5, 5.41) is 4.71. The zero-order valence-corrected chi connectivity index (χ0v) is 15.0. The average Bonchev–Trinajstić information content (AvgIpc) is 3.25. The highest BCUT2D eigenvalue weighted by Gasteiger charge is 2.36. The summed E-state index contributed by atoms with van der Waals surface area (Å²) in [7, 11) is 0. The van der Waals surface area contributed by atoms with Crippen LogP contribution in [0.25, 0.3) is 22.4 Å². The summed E-state index contributed by atoms with van der Waals surface area (Å²) >= 11 is 0. The molecule has 1 atom stereocenters. The van der Waals surface area contributed by atoms with Crippen LogP contribution in [0.5, 0.6) is 0 Å². The van der Waals surface area contributed by atoms with Crippen molar-refractivity contribution in [2.45, 2.75) is 20.3 Å². The van der Waals surface area contributed by atoms with Gasteiger partial charge in [-0.1, -0.05) is 42.4 Å². The van der Waals surface area contributed by atoms with Crippen molar-refractivity contribution in [1.82, 2.24) is 15.0 Å². The Hall–Kier alpha value is -2.73.